The van der Waals surface area contributed by atoms with Gasteiger partial charge in [-0.1, -0.05) is 18.2 Å². The molecule has 2 aromatic rings. The summed E-state index contributed by atoms with van der Waals surface area (Å²) in [7, 11) is 0. The van der Waals surface area contributed by atoms with Crippen LogP contribution >= 0.6 is 0 Å². The topological polar surface area (TPSA) is 83.7 Å². The molecule has 1 aromatic heterocycles. The molecular formula is C18H24N2O4. The first-order valence-electron chi connectivity index (χ1n) is 7.94. The van der Waals surface area contributed by atoms with Gasteiger partial charge in [-0.2, -0.15) is 0 Å². The Morgan fingerprint density at radius 1 is 1.25 bits per heavy atom. The number of aliphatic hydroxyl groups is 1. The van der Waals surface area contributed by atoms with Gasteiger partial charge in [-0.25, -0.2) is 4.79 Å². The molecule has 0 bridgehead atoms. The van der Waals surface area contributed by atoms with Crippen LogP contribution in [-0.4, -0.2) is 24.3 Å². The SMILES string of the molecule is CCOc1ccccc1CNC(=O)NCC(C)(O)c1ccc(C)o1. The second-order valence-electron chi connectivity index (χ2n) is 5.76. The van der Waals surface area contributed by atoms with Crippen LogP contribution in [0.2, 0.25) is 0 Å². The van der Waals surface area contributed by atoms with Crippen molar-refractivity contribution >= 4 is 6.03 Å². The lowest BCUT2D eigenvalue weighted by atomic mass is 10.0. The van der Waals surface area contributed by atoms with Crippen LogP contribution in [0.5, 0.6) is 5.75 Å². The van der Waals surface area contributed by atoms with Gasteiger partial charge < -0.3 is 24.9 Å². The van der Waals surface area contributed by atoms with Crippen molar-refractivity contribution < 1.29 is 19.1 Å². The molecule has 0 aliphatic rings. The van der Waals surface area contributed by atoms with Crippen LogP contribution in [0.15, 0.2) is 40.8 Å². The fourth-order valence-corrected chi connectivity index (χ4v) is 2.25. The maximum atomic E-state index is 12.0. The molecule has 1 aromatic carbocycles. The molecule has 0 radical (unpaired) electrons. The van der Waals surface area contributed by atoms with Crippen LogP contribution in [0.3, 0.4) is 0 Å². The van der Waals surface area contributed by atoms with Crippen molar-refractivity contribution in [2.45, 2.75) is 32.9 Å². The van der Waals surface area contributed by atoms with Gasteiger partial charge in [-0.15, -0.1) is 0 Å². The quantitative estimate of drug-likeness (QED) is 0.728. The normalized spacial score (nSPS) is 13.2. The largest absolute Gasteiger partial charge is 0.494 e. The molecule has 0 spiro atoms. The van der Waals surface area contributed by atoms with E-state index in [1.807, 2.05) is 31.2 Å². The highest BCUT2D eigenvalue weighted by atomic mass is 16.5. The van der Waals surface area contributed by atoms with E-state index in [1.54, 1.807) is 26.0 Å². The molecule has 0 fully saturated rings. The average Bonchev–Trinajstić information content (AvgIpc) is 3.00. The smallest absolute Gasteiger partial charge is 0.315 e. The summed E-state index contributed by atoms with van der Waals surface area (Å²) in [5.74, 6) is 1.88. The molecule has 0 aliphatic heterocycles. The van der Waals surface area contributed by atoms with Gasteiger partial charge in [0.1, 0.15) is 22.9 Å². The molecule has 24 heavy (non-hydrogen) atoms. The average molecular weight is 332 g/mol. The maximum absolute atomic E-state index is 12.0. The number of urea groups is 1. The summed E-state index contributed by atoms with van der Waals surface area (Å²) >= 11 is 0. The lowest BCUT2D eigenvalue weighted by Crippen LogP contribution is -2.43. The molecule has 1 heterocycles. The fraction of sp³-hybridized carbons (Fsp3) is 0.389. The molecule has 0 saturated heterocycles. The highest BCUT2D eigenvalue weighted by Gasteiger charge is 2.27. The highest BCUT2D eigenvalue weighted by Crippen LogP contribution is 2.22. The van der Waals surface area contributed by atoms with E-state index < -0.39 is 5.60 Å². The number of hydrogen-bond donors (Lipinski definition) is 3. The Hall–Kier alpha value is -2.47. The van der Waals surface area contributed by atoms with Crippen LogP contribution in [0, 0.1) is 6.92 Å². The van der Waals surface area contributed by atoms with Gasteiger partial charge >= 0.3 is 6.03 Å². The predicted octanol–water partition coefficient (Wildman–Crippen LogP) is 2.69. The minimum Gasteiger partial charge on any atom is -0.494 e. The zero-order valence-electron chi connectivity index (χ0n) is 14.3. The zero-order chi connectivity index (χ0) is 17.6. The number of carbonyl (C=O) groups is 1. The standard InChI is InChI=1S/C18H24N2O4/c1-4-23-15-8-6-5-7-14(15)11-19-17(21)20-12-18(3,22)16-10-9-13(2)24-16/h5-10,22H,4,11-12H2,1-3H3,(H2,19,20,21). The summed E-state index contributed by atoms with van der Waals surface area (Å²) in [4.78, 5) is 12.0. The third-order valence-electron chi connectivity index (χ3n) is 3.58. The van der Waals surface area contributed by atoms with E-state index >= 15 is 0 Å². The van der Waals surface area contributed by atoms with Gasteiger partial charge in [0.2, 0.25) is 0 Å². The van der Waals surface area contributed by atoms with Crippen molar-refractivity contribution in [3.8, 4) is 5.75 Å². The van der Waals surface area contributed by atoms with E-state index in [1.165, 1.54) is 0 Å². The van der Waals surface area contributed by atoms with Crippen molar-refractivity contribution in [3.63, 3.8) is 0 Å². The van der Waals surface area contributed by atoms with Gasteiger partial charge in [-0.05, 0) is 39.0 Å². The molecule has 0 saturated carbocycles. The Kier molecular flexibility index (Phi) is 5.87. The lowest BCUT2D eigenvalue weighted by Gasteiger charge is -2.21. The first kappa shape index (κ1) is 17.9. The third kappa shape index (κ3) is 4.76. The van der Waals surface area contributed by atoms with E-state index in [0.29, 0.717) is 24.7 Å². The van der Waals surface area contributed by atoms with Gasteiger partial charge in [0.15, 0.2) is 0 Å². The number of hydrogen-bond acceptors (Lipinski definition) is 4. The monoisotopic (exact) mass is 332 g/mol. The van der Waals surface area contributed by atoms with Crippen molar-refractivity contribution in [1.82, 2.24) is 10.6 Å². The number of benzene rings is 1. The van der Waals surface area contributed by atoms with Crippen LogP contribution in [0.1, 0.15) is 30.9 Å². The van der Waals surface area contributed by atoms with Crippen molar-refractivity contribution in [2.75, 3.05) is 13.2 Å². The van der Waals surface area contributed by atoms with Crippen molar-refractivity contribution in [3.05, 3.63) is 53.5 Å². The van der Waals surface area contributed by atoms with Crippen molar-refractivity contribution in [1.29, 1.82) is 0 Å². The number of furan rings is 1. The Bertz CT molecular complexity index is 679. The first-order chi connectivity index (χ1) is 11.4. The molecular weight excluding hydrogens is 308 g/mol. The zero-order valence-corrected chi connectivity index (χ0v) is 14.3. The second kappa shape index (κ2) is 7.88. The summed E-state index contributed by atoms with van der Waals surface area (Å²) in [6.45, 7) is 6.25. The minimum atomic E-state index is -1.27. The summed E-state index contributed by atoms with van der Waals surface area (Å²) in [6.07, 6.45) is 0. The number of aryl methyl sites for hydroxylation is 1. The first-order valence-corrected chi connectivity index (χ1v) is 7.94. The lowest BCUT2D eigenvalue weighted by molar-refractivity contribution is 0.0359. The predicted molar refractivity (Wildman–Crippen MR) is 90.9 cm³/mol. The van der Waals surface area contributed by atoms with Crippen molar-refractivity contribution in [2.24, 2.45) is 0 Å². The van der Waals surface area contributed by atoms with E-state index in [2.05, 4.69) is 10.6 Å². The van der Waals surface area contributed by atoms with Crippen LogP contribution in [-0.2, 0) is 12.1 Å². The van der Waals surface area contributed by atoms with E-state index in [9.17, 15) is 9.90 Å². The molecule has 0 aliphatic carbocycles. The fourth-order valence-electron chi connectivity index (χ4n) is 2.25. The third-order valence-corrected chi connectivity index (χ3v) is 3.58. The van der Waals surface area contributed by atoms with Crippen LogP contribution in [0.4, 0.5) is 4.79 Å². The Morgan fingerprint density at radius 3 is 2.67 bits per heavy atom. The summed E-state index contributed by atoms with van der Waals surface area (Å²) < 4.78 is 10.9. The van der Waals surface area contributed by atoms with Gasteiger partial charge in [-0.3, -0.25) is 0 Å². The van der Waals surface area contributed by atoms with Gasteiger partial charge in [0.25, 0.3) is 0 Å². The van der Waals surface area contributed by atoms with Crippen LogP contribution in [0.25, 0.3) is 0 Å². The molecule has 2 amide bonds. The maximum Gasteiger partial charge on any atom is 0.315 e. The summed E-state index contributed by atoms with van der Waals surface area (Å²) in [6, 6.07) is 10.6. The van der Waals surface area contributed by atoms with E-state index in [4.69, 9.17) is 9.15 Å². The molecule has 6 nitrogen and oxygen atoms in total. The molecule has 2 rings (SSSR count). The Labute approximate surface area is 141 Å². The number of para-hydroxylation sites is 1. The number of nitrogens with one attached hydrogen (secondary N) is 2. The minimum absolute atomic E-state index is 0.0406. The number of amides is 2. The summed E-state index contributed by atoms with van der Waals surface area (Å²) in [5.41, 5.74) is -0.377. The van der Waals surface area contributed by atoms with E-state index in [-0.39, 0.29) is 12.6 Å². The number of carbonyl (C=O) groups excluding carboxylic acids is 1. The Morgan fingerprint density at radius 2 is 2.00 bits per heavy atom. The van der Waals surface area contributed by atoms with E-state index in [0.717, 1.165) is 11.3 Å². The Balaban J connectivity index is 1.86. The molecule has 130 valence electrons. The highest BCUT2D eigenvalue weighted by molar-refractivity contribution is 5.74. The number of ether oxygens (including phenoxy) is 1. The van der Waals surface area contributed by atoms with Crippen LogP contribution < -0.4 is 15.4 Å². The molecule has 1 atom stereocenters. The van der Waals surface area contributed by atoms with Gasteiger partial charge in [0.05, 0.1) is 13.2 Å². The number of rotatable bonds is 7. The molecule has 1 unspecified atom stereocenters. The summed E-state index contributed by atoms with van der Waals surface area (Å²) in [5, 5.41) is 15.8. The second-order valence-corrected chi connectivity index (χ2v) is 5.76. The molecule has 3 N–H and O–H groups in total. The van der Waals surface area contributed by atoms with Gasteiger partial charge in [0, 0.05) is 12.1 Å². The molecule has 6 heteroatoms.